The van der Waals surface area contributed by atoms with Crippen LogP contribution in [0.15, 0.2) is 12.1 Å². The normalized spacial score (nSPS) is 11.4. The van der Waals surface area contributed by atoms with E-state index in [4.69, 9.17) is 5.73 Å². The Kier molecular flexibility index (Phi) is 4.52. The van der Waals surface area contributed by atoms with Crippen molar-refractivity contribution in [2.24, 2.45) is 11.1 Å². The zero-order valence-corrected chi connectivity index (χ0v) is 12.1. The Balaban J connectivity index is 2.92. The van der Waals surface area contributed by atoms with Crippen molar-refractivity contribution in [1.82, 2.24) is 0 Å². The first-order valence-electron chi connectivity index (χ1n) is 6.38. The smallest absolute Gasteiger partial charge is 0.230 e. The van der Waals surface area contributed by atoms with Crippen LogP contribution in [-0.4, -0.2) is 12.5 Å². The van der Waals surface area contributed by atoms with Crippen molar-refractivity contribution in [2.45, 2.75) is 41.0 Å². The molecule has 0 spiro atoms. The standard InChI is InChI=1S/C15H24N2O/c1-10-6-7-13(12(3)11(10)2)17-14(18)15(4,5)8-9-16/h6-7H,8-9,16H2,1-5H3,(H,17,18). The molecule has 1 aromatic rings. The maximum absolute atomic E-state index is 12.2. The third-order valence-electron chi connectivity index (χ3n) is 3.69. The van der Waals surface area contributed by atoms with Crippen molar-refractivity contribution in [3.63, 3.8) is 0 Å². The summed E-state index contributed by atoms with van der Waals surface area (Å²) >= 11 is 0. The Morgan fingerprint density at radius 3 is 2.39 bits per heavy atom. The molecule has 0 saturated carbocycles. The summed E-state index contributed by atoms with van der Waals surface area (Å²) in [6.45, 7) is 10.6. The van der Waals surface area contributed by atoms with Crippen LogP contribution < -0.4 is 11.1 Å². The molecule has 0 heterocycles. The molecule has 3 N–H and O–H groups in total. The molecule has 1 amide bonds. The van der Waals surface area contributed by atoms with Crippen molar-refractivity contribution >= 4 is 11.6 Å². The number of nitrogens with two attached hydrogens (primary N) is 1. The van der Waals surface area contributed by atoms with Crippen molar-refractivity contribution in [3.8, 4) is 0 Å². The van der Waals surface area contributed by atoms with E-state index < -0.39 is 5.41 Å². The number of carbonyl (C=O) groups excluding carboxylic acids is 1. The minimum Gasteiger partial charge on any atom is -0.330 e. The topological polar surface area (TPSA) is 55.1 Å². The number of amides is 1. The van der Waals surface area contributed by atoms with Gasteiger partial charge in [-0.05, 0) is 56.5 Å². The van der Waals surface area contributed by atoms with Crippen LogP contribution in [0.2, 0.25) is 0 Å². The maximum atomic E-state index is 12.2. The number of carbonyl (C=O) groups is 1. The lowest BCUT2D eigenvalue weighted by atomic mass is 9.88. The fraction of sp³-hybridized carbons (Fsp3) is 0.533. The molecule has 1 rings (SSSR count). The predicted octanol–water partition coefficient (Wildman–Crippen LogP) is 2.93. The Bertz CT molecular complexity index is 450. The molecular weight excluding hydrogens is 224 g/mol. The zero-order chi connectivity index (χ0) is 13.9. The number of benzene rings is 1. The van der Waals surface area contributed by atoms with E-state index in [0.29, 0.717) is 13.0 Å². The minimum atomic E-state index is -0.431. The first-order chi connectivity index (χ1) is 8.29. The number of aryl methyl sites for hydroxylation is 1. The second kappa shape index (κ2) is 5.53. The Hall–Kier alpha value is -1.35. The SMILES string of the molecule is Cc1ccc(NC(=O)C(C)(C)CCN)c(C)c1C. The van der Waals surface area contributed by atoms with Gasteiger partial charge >= 0.3 is 0 Å². The van der Waals surface area contributed by atoms with E-state index in [0.717, 1.165) is 11.3 Å². The lowest BCUT2D eigenvalue weighted by Crippen LogP contribution is -2.33. The van der Waals surface area contributed by atoms with E-state index in [1.165, 1.54) is 11.1 Å². The molecule has 0 aromatic heterocycles. The van der Waals surface area contributed by atoms with Crippen molar-refractivity contribution < 1.29 is 4.79 Å². The first kappa shape index (κ1) is 14.7. The van der Waals surface area contributed by atoms with Gasteiger partial charge in [-0.25, -0.2) is 0 Å². The molecule has 0 unspecified atom stereocenters. The Morgan fingerprint density at radius 1 is 1.22 bits per heavy atom. The van der Waals surface area contributed by atoms with Gasteiger partial charge < -0.3 is 11.1 Å². The van der Waals surface area contributed by atoms with Crippen LogP contribution in [0.4, 0.5) is 5.69 Å². The number of rotatable bonds is 4. The van der Waals surface area contributed by atoms with Gasteiger partial charge in [0.05, 0.1) is 0 Å². The van der Waals surface area contributed by atoms with E-state index in [1.54, 1.807) is 0 Å². The van der Waals surface area contributed by atoms with Gasteiger partial charge in [0.1, 0.15) is 0 Å². The molecule has 0 atom stereocenters. The highest BCUT2D eigenvalue weighted by atomic mass is 16.2. The predicted molar refractivity (Wildman–Crippen MR) is 76.7 cm³/mol. The third kappa shape index (κ3) is 3.10. The van der Waals surface area contributed by atoms with Gasteiger partial charge in [0.15, 0.2) is 0 Å². The first-order valence-corrected chi connectivity index (χ1v) is 6.38. The van der Waals surface area contributed by atoms with Gasteiger partial charge in [-0.1, -0.05) is 19.9 Å². The summed E-state index contributed by atoms with van der Waals surface area (Å²) in [6, 6.07) is 4.00. The lowest BCUT2D eigenvalue weighted by molar-refractivity contribution is -0.124. The molecule has 3 heteroatoms. The highest BCUT2D eigenvalue weighted by Gasteiger charge is 2.27. The van der Waals surface area contributed by atoms with E-state index >= 15 is 0 Å². The van der Waals surface area contributed by atoms with E-state index in [-0.39, 0.29) is 5.91 Å². The summed E-state index contributed by atoms with van der Waals surface area (Å²) in [5.41, 5.74) is 9.61. The Labute approximate surface area is 110 Å². The Morgan fingerprint density at radius 2 is 1.83 bits per heavy atom. The van der Waals surface area contributed by atoms with Gasteiger partial charge in [0.25, 0.3) is 0 Å². The summed E-state index contributed by atoms with van der Waals surface area (Å²) in [6.07, 6.45) is 0.683. The average molecular weight is 248 g/mol. The number of hydrogen-bond donors (Lipinski definition) is 2. The molecule has 3 nitrogen and oxygen atoms in total. The molecule has 0 aliphatic heterocycles. The average Bonchev–Trinajstić information content (AvgIpc) is 2.29. The molecule has 0 fully saturated rings. The summed E-state index contributed by atoms with van der Waals surface area (Å²) in [5.74, 6) is 0.0271. The lowest BCUT2D eigenvalue weighted by Gasteiger charge is -2.23. The highest BCUT2D eigenvalue weighted by Crippen LogP contribution is 2.26. The number of hydrogen-bond acceptors (Lipinski definition) is 2. The van der Waals surface area contributed by atoms with Crippen LogP contribution in [0.5, 0.6) is 0 Å². The second-order valence-corrected chi connectivity index (χ2v) is 5.56. The molecule has 0 radical (unpaired) electrons. The summed E-state index contributed by atoms with van der Waals surface area (Å²) in [7, 11) is 0. The van der Waals surface area contributed by atoms with Crippen molar-refractivity contribution in [3.05, 3.63) is 28.8 Å². The fourth-order valence-corrected chi connectivity index (χ4v) is 1.86. The van der Waals surface area contributed by atoms with Crippen LogP contribution in [0.3, 0.4) is 0 Å². The molecule has 0 bridgehead atoms. The number of anilines is 1. The van der Waals surface area contributed by atoms with Gasteiger partial charge in [-0.15, -0.1) is 0 Å². The number of nitrogens with one attached hydrogen (secondary N) is 1. The van der Waals surface area contributed by atoms with Crippen molar-refractivity contribution in [1.29, 1.82) is 0 Å². The van der Waals surface area contributed by atoms with Crippen LogP contribution >= 0.6 is 0 Å². The van der Waals surface area contributed by atoms with Gasteiger partial charge in [-0.2, -0.15) is 0 Å². The van der Waals surface area contributed by atoms with E-state index in [2.05, 4.69) is 19.2 Å². The molecule has 18 heavy (non-hydrogen) atoms. The highest BCUT2D eigenvalue weighted by molar-refractivity contribution is 5.95. The van der Waals surface area contributed by atoms with Crippen LogP contribution in [0.1, 0.15) is 37.0 Å². The summed E-state index contributed by atoms with van der Waals surface area (Å²) in [5, 5.41) is 3.01. The maximum Gasteiger partial charge on any atom is 0.230 e. The van der Waals surface area contributed by atoms with E-state index in [9.17, 15) is 4.79 Å². The third-order valence-corrected chi connectivity index (χ3v) is 3.69. The molecule has 0 aliphatic carbocycles. The molecule has 1 aromatic carbocycles. The second-order valence-electron chi connectivity index (χ2n) is 5.56. The van der Waals surface area contributed by atoms with Crippen LogP contribution in [0.25, 0.3) is 0 Å². The molecule has 100 valence electrons. The fourth-order valence-electron chi connectivity index (χ4n) is 1.86. The summed E-state index contributed by atoms with van der Waals surface area (Å²) in [4.78, 5) is 12.2. The molecule has 0 saturated heterocycles. The minimum absolute atomic E-state index is 0.0271. The molecular formula is C15H24N2O. The van der Waals surface area contributed by atoms with Crippen molar-refractivity contribution in [2.75, 3.05) is 11.9 Å². The monoisotopic (exact) mass is 248 g/mol. The molecule has 0 aliphatic rings. The summed E-state index contributed by atoms with van der Waals surface area (Å²) < 4.78 is 0. The van der Waals surface area contributed by atoms with E-state index in [1.807, 2.05) is 32.9 Å². The van der Waals surface area contributed by atoms with Crippen LogP contribution in [-0.2, 0) is 4.79 Å². The zero-order valence-electron chi connectivity index (χ0n) is 12.1. The van der Waals surface area contributed by atoms with Gasteiger partial charge in [0, 0.05) is 11.1 Å². The van der Waals surface area contributed by atoms with Gasteiger partial charge in [-0.3, -0.25) is 4.79 Å². The van der Waals surface area contributed by atoms with Crippen LogP contribution in [0, 0.1) is 26.2 Å². The van der Waals surface area contributed by atoms with Gasteiger partial charge in [0.2, 0.25) is 5.91 Å². The quantitative estimate of drug-likeness (QED) is 0.860. The largest absolute Gasteiger partial charge is 0.330 e.